The van der Waals surface area contributed by atoms with Crippen molar-refractivity contribution in [3.05, 3.63) is 53.6 Å². The van der Waals surface area contributed by atoms with E-state index in [0.717, 1.165) is 5.56 Å². The maximum Gasteiger partial charge on any atom is 0.340 e. The van der Waals surface area contributed by atoms with Crippen molar-refractivity contribution in [1.82, 2.24) is 5.32 Å². The number of phenols is 1. The normalized spacial score (nSPS) is 30.3. The molecule has 7 rings (SSSR count). The van der Waals surface area contributed by atoms with E-state index in [0.29, 0.717) is 45.4 Å². The van der Waals surface area contributed by atoms with Gasteiger partial charge in [0.1, 0.15) is 35.9 Å². The van der Waals surface area contributed by atoms with Crippen LogP contribution in [0.15, 0.2) is 42.5 Å². The van der Waals surface area contributed by atoms with Gasteiger partial charge in [0.05, 0.1) is 33.3 Å². The van der Waals surface area contributed by atoms with Crippen LogP contribution in [0.25, 0.3) is 11.1 Å². The fourth-order valence-electron chi connectivity index (χ4n) is 6.99. The van der Waals surface area contributed by atoms with Gasteiger partial charge in [-0.2, -0.15) is 0 Å². The molecule has 1 fully saturated rings. The number of anilines is 1. The van der Waals surface area contributed by atoms with Crippen LogP contribution in [0.5, 0.6) is 34.5 Å². The Morgan fingerprint density at radius 1 is 1.09 bits per heavy atom. The summed E-state index contributed by atoms with van der Waals surface area (Å²) in [5, 5.41) is 59.3. The van der Waals surface area contributed by atoms with Crippen LogP contribution < -0.4 is 34.3 Å². The van der Waals surface area contributed by atoms with Gasteiger partial charge in [0.25, 0.3) is 5.79 Å². The number of rotatable bonds is 6. The molecular weight excluding hydrogens is 604 g/mol. The summed E-state index contributed by atoms with van der Waals surface area (Å²) in [7, 11) is 4.54. The highest BCUT2D eigenvalue weighted by molar-refractivity contribution is 5.84. The van der Waals surface area contributed by atoms with Gasteiger partial charge < -0.3 is 64.6 Å². The van der Waals surface area contributed by atoms with E-state index in [1.807, 2.05) is 12.1 Å². The molecule has 0 amide bonds. The minimum atomic E-state index is -2.36. The lowest BCUT2D eigenvalue weighted by Gasteiger charge is -2.53. The molecule has 14 nitrogen and oxygen atoms in total. The van der Waals surface area contributed by atoms with Crippen molar-refractivity contribution in [3.63, 3.8) is 0 Å². The van der Waals surface area contributed by atoms with Gasteiger partial charge in [-0.05, 0) is 42.4 Å². The zero-order valence-electron chi connectivity index (χ0n) is 25.1. The fourth-order valence-corrected chi connectivity index (χ4v) is 6.99. The highest BCUT2D eigenvalue weighted by Crippen LogP contribution is 2.61. The second kappa shape index (κ2) is 10.8. The minimum absolute atomic E-state index is 0.0104. The highest BCUT2D eigenvalue weighted by atomic mass is 16.7. The molecule has 7 N–H and O–H groups in total. The molecule has 244 valence electrons. The first-order valence-corrected chi connectivity index (χ1v) is 14.7. The number of hydrogen-bond acceptors (Lipinski definition) is 13. The molecule has 1 spiro atoms. The Hall–Kier alpha value is -4.47. The molecule has 3 aromatic rings. The molecule has 3 aromatic carbocycles. The van der Waals surface area contributed by atoms with Gasteiger partial charge in [-0.3, -0.25) is 0 Å². The second-order valence-corrected chi connectivity index (χ2v) is 11.7. The first-order chi connectivity index (χ1) is 22.1. The van der Waals surface area contributed by atoms with E-state index in [1.165, 1.54) is 20.2 Å². The average Bonchev–Trinajstić information content (AvgIpc) is 3.44. The molecule has 46 heavy (non-hydrogen) atoms. The van der Waals surface area contributed by atoms with E-state index < -0.39 is 48.3 Å². The summed E-state index contributed by atoms with van der Waals surface area (Å²) in [6.07, 6.45) is -6.32. The number of methoxy groups -OCH3 is 2. The number of fused-ring (bicyclic) bond motifs is 7. The largest absolute Gasteiger partial charge is 0.508 e. The molecule has 4 aliphatic rings. The number of aliphatic hydroxyl groups is 3. The first kappa shape index (κ1) is 30.2. The number of likely N-dealkylation sites (N-methyl/N-ethyl adjacent to an activating group) is 1. The van der Waals surface area contributed by atoms with Crippen LogP contribution >= 0.6 is 0 Å². The number of aliphatic hydroxyl groups excluding tert-OH is 3. The average molecular weight is 639 g/mol. The number of carbonyl (C=O) groups is 1. The van der Waals surface area contributed by atoms with Gasteiger partial charge in [0.2, 0.25) is 11.4 Å². The van der Waals surface area contributed by atoms with Crippen LogP contribution in [-0.2, 0) is 9.53 Å². The summed E-state index contributed by atoms with van der Waals surface area (Å²) >= 11 is 0. The molecule has 1 saturated heterocycles. The number of aromatic hydroxyl groups is 1. The standard InChI is InChI=1S/C32H34N2O12/c1-33-12-31(30(39)40)28(37)23(36)29(38)32(46-31)13-34-22-20(45-32)10-17(14-5-4-6-15(35)9-14)21-24-18(11-43-27(21)22)16-7-8-19(41-2)26(42-3)25(16)44-24/h4-10,18,23-24,28-29,33-38H,11-13H2,1-3H3,(H,39,40)/t18-,23+,24-,28+,29-,31-,32-/m1/s1. The lowest BCUT2D eigenvalue weighted by Crippen LogP contribution is -2.77. The Morgan fingerprint density at radius 2 is 1.89 bits per heavy atom. The number of nitrogens with one attached hydrogen (secondary N) is 2. The van der Waals surface area contributed by atoms with E-state index >= 15 is 0 Å². The molecule has 0 radical (unpaired) electrons. The molecule has 0 bridgehead atoms. The summed E-state index contributed by atoms with van der Waals surface area (Å²) in [5.74, 6) is -1.93. The van der Waals surface area contributed by atoms with Gasteiger partial charge >= 0.3 is 5.97 Å². The predicted molar refractivity (Wildman–Crippen MR) is 160 cm³/mol. The lowest BCUT2D eigenvalue weighted by atomic mass is 9.81. The van der Waals surface area contributed by atoms with Crippen molar-refractivity contribution in [1.29, 1.82) is 0 Å². The maximum absolute atomic E-state index is 12.5. The smallest absolute Gasteiger partial charge is 0.340 e. The second-order valence-electron chi connectivity index (χ2n) is 11.7. The van der Waals surface area contributed by atoms with Gasteiger partial charge in [-0.25, -0.2) is 4.79 Å². The SMILES string of the molecule is CNC[C@@]1(C(=O)O)O[C@]2(CNc3c(cc(-c4cccc(O)c4)c4c3OC[C@@H]3c5ccc(OC)c(OC)c5O[C@@H]43)O2)[C@H](O)[C@@H](O)[C@@H]1O. The number of carboxylic acid groups (broad SMARTS) is 1. The lowest BCUT2D eigenvalue weighted by molar-refractivity contribution is -0.354. The Morgan fingerprint density at radius 3 is 2.59 bits per heavy atom. The summed E-state index contributed by atoms with van der Waals surface area (Å²) in [6, 6.07) is 11.9. The number of aliphatic carboxylic acids is 1. The zero-order valence-corrected chi connectivity index (χ0v) is 25.1. The van der Waals surface area contributed by atoms with Crippen molar-refractivity contribution >= 4 is 11.7 Å². The Bertz CT molecular complexity index is 1720. The van der Waals surface area contributed by atoms with Gasteiger partial charge in [-0.1, -0.05) is 18.2 Å². The fraction of sp³-hybridized carbons (Fsp3) is 0.406. The maximum atomic E-state index is 12.5. The van der Waals surface area contributed by atoms with E-state index in [2.05, 4.69) is 10.6 Å². The topological polar surface area (TPSA) is 198 Å². The molecule has 0 unspecified atom stereocenters. The van der Waals surface area contributed by atoms with Gasteiger partial charge in [0.15, 0.2) is 23.0 Å². The third kappa shape index (κ3) is 4.18. The number of carboxylic acids is 1. The minimum Gasteiger partial charge on any atom is -0.508 e. The zero-order chi connectivity index (χ0) is 32.5. The van der Waals surface area contributed by atoms with Crippen molar-refractivity contribution < 1.29 is 58.7 Å². The molecule has 14 heteroatoms. The quantitative estimate of drug-likeness (QED) is 0.204. The van der Waals surface area contributed by atoms with Crippen LogP contribution in [0.4, 0.5) is 5.69 Å². The number of ether oxygens (including phenoxy) is 6. The predicted octanol–water partition coefficient (Wildman–Crippen LogP) is 1.34. The van der Waals surface area contributed by atoms with E-state index in [1.54, 1.807) is 31.4 Å². The summed E-state index contributed by atoms with van der Waals surface area (Å²) in [5.41, 5.74) is 0.700. The van der Waals surface area contributed by atoms with Gasteiger partial charge in [-0.15, -0.1) is 0 Å². The molecule has 0 saturated carbocycles. The molecule has 4 heterocycles. The first-order valence-electron chi connectivity index (χ1n) is 14.7. The Balaban J connectivity index is 1.38. The monoisotopic (exact) mass is 638 g/mol. The van der Waals surface area contributed by atoms with Gasteiger partial charge in [0, 0.05) is 17.7 Å². The van der Waals surface area contributed by atoms with E-state index in [9.17, 15) is 30.3 Å². The van der Waals surface area contributed by atoms with E-state index in [4.69, 9.17) is 28.4 Å². The van der Waals surface area contributed by atoms with E-state index in [-0.39, 0.29) is 30.6 Å². The number of benzene rings is 3. The van der Waals surface area contributed by atoms with Crippen molar-refractivity contribution in [2.45, 2.75) is 41.7 Å². The van der Waals surface area contributed by atoms with Crippen molar-refractivity contribution in [3.8, 4) is 45.6 Å². The molecule has 0 aromatic heterocycles. The summed E-state index contributed by atoms with van der Waals surface area (Å²) < 4.78 is 36.5. The summed E-state index contributed by atoms with van der Waals surface area (Å²) in [4.78, 5) is 12.5. The summed E-state index contributed by atoms with van der Waals surface area (Å²) in [6.45, 7) is -0.495. The molecule has 7 atom stereocenters. The van der Waals surface area contributed by atoms with Crippen LogP contribution in [-0.4, -0.2) is 102 Å². The highest BCUT2D eigenvalue weighted by Gasteiger charge is 2.66. The number of phenolic OH excluding ortho intramolecular Hbond substituents is 1. The third-order valence-corrected chi connectivity index (χ3v) is 9.20. The molecule has 0 aliphatic carbocycles. The van der Waals surface area contributed by atoms with Crippen molar-refractivity contribution in [2.75, 3.05) is 46.3 Å². The van der Waals surface area contributed by atoms with Crippen LogP contribution in [0, 0.1) is 0 Å². The van der Waals surface area contributed by atoms with Crippen molar-refractivity contribution in [2.24, 2.45) is 0 Å². The third-order valence-electron chi connectivity index (χ3n) is 9.20. The Labute approximate surface area is 263 Å². The number of hydrogen-bond donors (Lipinski definition) is 7. The van der Waals surface area contributed by atoms with Crippen LogP contribution in [0.3, 0.4) is 0 Å². The van der Waals surface area contributed by atoms with Crippen LogP contribution in [0.2, 0.25) is 0 Å². The Kier molecular flexibility index (Phi) is 7.10. The van der Waals surface area contributed by atoms with Crippen LogP contribution in [0.1, 0.15) is 23.1 Å². The molecular formula is C32H34N2O12. The molecule has 4 aliphatic heterocycles.